The SMILES string of the molecule is Cc1ncn(CC2CCN(Cc3cnsc3)CC2)c(=O)c1C. The molecule has 0 aromatic carbocycles. The molecule has 0 aliphatic carbocycles. The lowest BCUT2D eigenvalue weighted by molar-refractivity contribution is 0.166. The molecular formula is C16H22N4OS. The molecule has 0 spiro atoms. The zero-order chi connectivity index (χ0) is 15.5. The lowest BCUT2D eigenvalue weighted by atomic mass is 9.96. The third kappa shape index (κ3) is 3.44. The van der Waals surface area contributed by atoms with Crippen molar-refractivity contribution in [2.75, 3.05) is 13.1 Å². The zero-order valence-corrected chi connectivity index (χ0v) is 14.0. The molecule has 0 radical (unpaired) electrons. The van der Waals surface area contributed by atoms with Crippen LogP contribution in [0, 0.1) is 19.8 Å². The van der Waals surface area contributed by atoms with Gasteiger partial charge in [-0.25, -0.2) is 9.36 Å². The van der Waals surface area contributed by atoms with E-state index in [9.17, 15) is 4.79 Å². The maximum absolute atomic E-state index is 12.2. The molecule has 6 heteroatoms. The molecule has 5 nitrogen and oxygen atoms in total. The Morgan fingerprint density at radius 2 is 2.09 bits per heavy atom. The lowest BCUT2D eigenvalue weighted by Gasteiger charge is -2.31. The first-order valence-electron chi connectivity index (χ1n) is 7.76. The highest BCUT2D eigenvalue weighted by atomic mass is 32.1. The average Bonchev–Trinajstić information content (AvgIpc) is 3.03. The number of aromatic nitrogens is 3. The van der Waals surface area contributed by atoms with Crippen molar-refractivity contribution in [3.8, 4) is 0 Å². The van der Waals surface area contributed by atoms with Gasteiger partial charge in [-0.05, 0) is 62.8 Å². The minimum absolute atomic E-state index is 0.110. The highest BCUT2D eigenvalue weighted by Gasteiger charge is 2.20. The zero-order valence-electron chi connectivity index (χ0n) is 13.2. The van der Waals surface area contributed by atoms with Crippen molar-refractivity contribution in [3.05, 3.63) is 45.1 Å². The van der Waals surface area contributed by atoms with Gasteiger partial charge < -0.3 is 0 Å². The van der Waals surface area contributed by atoms with Crippen LogP contribution in [0.15, 0.2) is 22.7 Å². The summed E-state index contributed by atoms with van der Waals surface area (Å²) >= 11 is 1.51. The van der Waals surface area contributed by atoms with E-state index in [2.05, 4.69) is 19.6 Å². The summed E-state index contributed by atoms with van der Waals surface area (Å²) in [6, 6.07) is 0. The van der Waals surface area contributed by atoms with Gasteiger partial charge in [0.2, 0.25) is 0 Å². The van der Waals surface area contributed by atoms with Crippen molar-refractivity contribution in [1.82, 2.24) is 18.8 Å². The topological polar surface area (TPSA) is 51.0 Å². The van der Waals surface area contributed by atoms with Crippen LogP contribution in [0.25, 0.3) is 0 Å². The van der Waals surface area contributed by atoms with E-state index in [0.29, 0.717) is 5.92 Å². The summed E-state index contributed by atoms with van der Waals surface area (Å²) in [4.78, 5) is 19.0. The predicted molar refractivity (Wildman–Crippen MR) is 88.1 cm³/mol. The standard InChI is InChI=1S/C16H22N4OS/c1-12-13(2)17-11-20(16(12)21)9-14-3-5-19(6-4-14)8-15-7-18-22-10-15/h7,10-11,14H,3-6,8-9H2,1-2H3. The monoisotopic (exact) mass is 318 g/mol. The van der Waals surface area contributed by atoms with Crippen LogP contribution in [0.1, 0.15) is 29.7 Å². The predicted octanol–water partition coefficient (Wildman–Crippen LogP) is 2.23. The van der Waals surface area contributed by atoms with Crippen molar-refractivity contribution >= 4 is 11.5 Å². The molecule has 22 heavy (non-hydrogen) atoms. The highest BCUT2D eigenvalue weighted by Crippen LogP contribution is 2.20. The molecule has 0 N–H and O–H groups in total. The van der Waals surface area contributed by atoms with Gasteiger partial charge in [-0.2, -0.15) is 0 Å². The second-order valence-corrected chi connectivity index (χ2v) is 6.82. The molecule has 1 fully saturated rings. The molecule has 3 heterocycles. The van der Waals surface area contributed by atoms with Gasteiger partial charge in [0, 0.05) is 35.9 Å². The molecular weight excluding hydrogens is 296 g/mol. The van der Waals surface area contributed by atoms with E-state index in [4.69, 9.17) is 0 Å². The number of rotatable bonds is 4. The molecule has 2 aromatic rings. The summed E-state index contributed by atoms with van der Waals surface area (Å²) in [7, 11) is 0. The molecule has 1 saturated heterocycles. The molecule has 1 aliphatic rings. The summed E-state index contributed by atoms with van der Waals surface area (Å²) < 4.78 is 5.94. The fraction of sp³-hybridized carbons (Fsp3) is 0.562. The number of hydrogen-bond donors (Lipinski definition) is 0. The van der Waals surface area contributed by atoms with Gasteiger partial charge in [-0.1, -0.05) is 0 Å². The van der Waals surface area contributed by atoms with Crippen LogP contribution in [0.3, 0.4) is 0 Å². The third-order valence-corrected chi connectivity index (χ3v) is 5.20. The number of aryl methyl sites for hydroxylation is 1. The maximum Gasteiger partial charge on any atom is 0.256 e. The van der Waals surface area contributed by atoms with E-state index in [0.717, 1.165) is 50.3 Å². The third-order valence-electron chi connectivity index (χ3n) is 4.57. The molecule has 2 aromatic heterocycles. The number of likely N-dealkylation sites (tertiary alicyclic amines) is 1. The van der Waals surface area contributed by atoms with Crippen LogP contribution in [-0.2, 0) is 13.1 Å². The average molecular weight is 318 g/mol. The van der Waals surface area contributed by atoms with Crippen LogP contribution in [-0.4, -0.2) is 31.9 Å². The summed E-state index contributed by atoms with van der Waals surface area (Å²) in [5.41, 5.74) is 3.02. The number of piperidine rings is 1. The fourth-order valence-corrected chi connectivity index (χ4v) is 3.50. The minimum atomic E-state index is 0.110. The second-order valence-electron chi connectivity index (χ2n) is 6.16. The first-order valence-corrected chi connectivity index (χ1v) is 8.60. The normalized spacial score (nSPS) is 17.0. The largest absolute Gasteiger partial charge is 0.299 e. The van der Waals surface area contributed by atoms with Gasteiger partial charge in [0.1, 0.15) is 0 Å². The van der Waals surface area contributed by atoms with Crippen molar-refractivity contribution in [2.45, 2.75) is 39.8 Å². The van der Waals surface area contributed by atoms with Crippen molar-refractivity contribution in [2.24, 2.45) is 5.92 Å². The van der Waals surface area contributed by atoms with Gasteiger partial charge in [0.05, 0.1) is 6.33 Å². The Bertz CT molecular complexity index is 672. The van der Waals surface area contributed by atoms with E-state index in [1.807, 2.05) is 20.0 Å². The Balaban J connectivity index is 1.56. The first kappa shape index (κ1) is 15.4. The molecule has 0 saturated carbocycles. The number of hydrogen-bond acceptors (Lipinski definition) is 5. The van der Waals surface area contributed by atoms with Crippen LogP contribution in [0.5, 0.6) is 0 Å². The quantitative estimate of drug-likeness (QED) is 0.867. The van der Waals surface area contributed by atoms with Crippen molar-refractivity contribution in [3.63, 3.8) is 0 Å². The first-order chi connectivity index (χ1) is 10.6. The molecule has 0 atom stereocenters. The Kier molecular flexibility index (Phi) is 4.69. The summed E-state index contributed by atoms with van der Waals surface area (Å²) in [6.45, 7) is 7.72. The second kappa shape index (κ2) is 6.71. The lowest BCUT2D eigenvalue weighted by Crippen LogP contribution is -2.36. The molecule has 0 unspecified atom stereocenters. The Morgan fingerprint density at radius 1 is 1.32 bits per heavy atom. The summed E-state index contributed by atoms with van der Waals surface area (Å²) in [5, 5.41) is 2.12. The van der Waals surface area contributed by atoms with E-state index >= 15 is 0 Å². The van der Waals surface area contributed by atoms with E-state index < -0.39 is 0 Å². The molecule has 118 valence electrons. The molecule has 3 rings (SSSR count). The molecule has 0 bridgehead atoms. The summed E-state index contributed by atoms with van der Waals surface area (Å²) in [5.74, 6) is 0.568. The van der Waals surface area contributed by atoms with E-state index in [1.54, 1.807) is 10.9 Å². The van der Waals surface area contributed by atoms with Crippen molar-refractivity contribution in [1.29, 1.82) is 0 Å². The number of nitrogens with zero attached hydrogens (tertiary/aromatic N) is 4. The van der Waals surface area contributed by atoms with Crippen LogP contribution in [0.2, 0.25) is 0 Å². The van der Waals surface area contributed by atoms with E-state index in [-0.39, 0.29) is 5.56 Å². The van der Waals surface area contributed by atoms with Crippen LogP contribution >= 0.6 is 11.5 Å². The van der Waals surface area contributed by atoms with Gasteiger partial charge in [-0.3, -0.25) is 14.3 Å². The Hall–Kier alpha value is -1.53. The Labute approximate surface area is 134 Å². The fourth-order valence-electron chi connectivity index (χ4n) is 2.97. The van der Waals surface area contributed by atoms with Gasteiger partial charge >= 0.3 is 0 Å². The maximum atomic E-state index is 12.2. The van der Waals surface area contributed by atoms with Crippen LogP contribution < -0.4 is 5.56 Å². The van der Waals surface area contributed by atoms with Gasteiger partial charge in [0.15, 0.2) is 0 Å². The minimum Gasteiger partial charge on any atom is -0.299 e. The Morgan fingerprint density at radius 3 is 2.77 bits per heavy atom. The van der Waals surface area contributed by atoms with Crippen LogP contribution in [0.4, 0.5) is 0 Å². The van der Waals surface area contributed by atoms with Gasteiger partial charge in [-0.15, -0.1) is 0 Å². The molecule has 0 amide bonds. The molecule has 1 aliphatic heterocycles. The van der Waals surface area contributed by atoms with Gasteiger partial charge in [0.25, 0.3) is 5.56 Å². The highest BCUT2D eigenvalue weighted by molar-refractivity contribution is 7.03. The smallest absolute Gasteiger partial charge is 0.256 e. The summed E-state index contributed by atoms with van der Waals surface area (Å²) in [6.07, 6.45) is 5.93. The van der Waals surface area contributed by atoms with E-state index in [1.165, 1.54) is 17.1 Å². The van der Waals surface area contributed by atoms with Crippen molar-refractivity contribution < 1.29 is 0 Å².